The SMILES string of the molecule is CC1C(C=Cc2ccc(N(C)C)cc2)=NN(c2cccc3c2[nH]c2ccccc23)C1c1ccc(N(C)C)cc1. The second kappa shape index (κ2) is 9.99. The number of benzene rings is 4. The highest BCUT2D eigenvalue weighted by Gasteiger charge is 2.36. The molecule has 196 valence electrons. The van der Waals surface area contributed by atoms with E-state index in [4.69, 9.17) is 5.10 Å². The van der Waals surface area contributed by atoms with Crippen LogP contribution in [-0.4, -0.2) is 38.9 Å². The number of fused-ring (bicyclic) bond motifs is 3. The predicted molar refractivity (Wildman–Crippen MR) is 168 cm³/mol. The van der Waals surface area contributed by atoms with E-state index in [1.807, 2.05) is 0 Å². The summed E-state index contributed by atoms with van der Waals surface area (Å²) in [6, 6.07) is 32.6. The van der Waals surface area contributed by atoms with Crippen molar-refractivity contribution in [1.82, 2.24) is 4.98 Å². The minimum Gasteiger partial charge on any atom is -0.378 e. The van der Waals surface area contributed by atoms with Crippen LogP contribution in [0.4, 0.5) is 17.1 Å². The van der Waals surface area contributed by atoms with Gasteiger partial charge in [-0.25, -0.2) is 0 Å². The van der Waals surface area contributed by atoms with Crippen molar-refractivity contribution in [3.05, 3.63) is 108 Å². The van der Waals surface area contributed by atoms with Gasteiger partial charge >= 0.3 is 0 Å². The number of aromatic amines is 1. The first-order chi connectivity index (χ1) is 18.9. The molecule has 0 aliphatic carbocycles. The third kappa shape index (κ3) is 4.54. The topological polar surface area (TPSA) is 37.9 Å². The van der Waals surface area contributed by atoms with Gasteiger partial charge in [0.25, 0.3) is 0 Å². The second-order valence-electron chi connectivity index (χ2n) is 10.8. The Labute approximate surface area is 230 Å². The average molecular weight is 514 g/mol. The summed E-state index contributed by atoms with van der Waals surface area (Å²) in [5.74, 6) is 0.201. The molecule has 1 N–H and O–H groups in total. The lowest BCUT2D eigenvalue weighted by Crippen LogP contribution is -2.24. The molecule has 39 heavy (non-hydrogen) atoms. The van der Waals surface area contributed by atoms with Gasteiger partial charge in [-0.3, -0.25) is 5.01 Å². The average Bonchev–Trinajstić information content (AvgIpc) is 3.49. The lowest BCUT2D eigenvalue weighted by molar-refractivity contribution is 0.590. The van der Waals surface area contributed by atoms with Crippen LogP contribution in [0.2, 0.25) is 0 Å². The van der Waals surface area contributed by atoms with Crippen LogP contribution in [0.3, 0.4) is 0 Å². The lowest BCUT2D eigenvalue weighted by atomic mass is 9.90. The van der Waals surface area contributed by atoms with Crippen molar-refractivity contribution in [2.24, 2.45) is 11.0 Å². The fraction of sp³-hybridized carbons (Fsp3) is 0.206. The van der Waals surface area contributed by atoms with Crippen LogP contribution in [0.5, 0.6) is 0 Å². The Bertz CT molecular complexity index is 1670. The molecular formula is C34H35N5. The summed E-state index contributed by atoms with van der Waals surface area (Å²) < 4.78 is 0. The molecule has 1 aromatic heterocycles. The number of anilines is 3. The normalized spacial score (nSPS) is 17.4. The summed E-state index contributed by atoms with van der Waals surface area (Å²) >= 11 is 0. The van der Waals surface area contributed by atoms with Crippen LogP contribution in [0.15, 0.2) is 102 Å². The van der Waals surface area contributed by atoms with Crippen LogP contribution in [0.25, 0.3) is 27.9 Å². The number of rotatable bonds is 6. The molecule has 2 unspecified atom stereocenters. The van der Waals surface area contributed by atoms with Crippen molar-refractivity contribution >= 4 is 50.7 Å². The molecule has 4 aromatic carbocycles. The standard InChI is InChI=1S/C34H35N5/c1-23-30(22-15-24-13-18-26(19-14-24)37(2)3)36-39(34(23)25-16-20-27(21-17-25)38(4)5)32-12-8-10-29-28-9-6-7-11-31(28)35-33(29)32/h6-23,34-35H,1-5H3. The fourth-order valence-corrected chi connectivity index (χ4v) is 5.55. The maximum Gasteiger partial charge on any atom is 0.0858 e. The molecule has 0 fully saturated rings. The summed E-state index contributed by atoms with van der Waals surface area (Å²) in [4.78, 5) is 7.93. The van der Waals surface area contributed by atoms with Crippen molar-refractivity contribution in [2.75, 3.05) is 43.0 Å². The zero-order valence-corrected chi connectivity index (χ0v) is 23.3. The van der Waals surface area contributed by atoms with Crippen molar-refractivity contribution in [3.8, 4) is 0 Å². The quantitative estimate of drug-likeness (QED) is 0.253. The fourth-order valence-electron chi connectivity index (χ4n) is 5.55. The largest absolute Gasteiger partial charge is 0.378 e. The summed E-state index contributed by atoms with van der Waals surface area (Å²) in [5, 5.41) is 9.94. The third-order valence-electron chi connectivity index (χ3n) is 7.80. The van der Waals surface area contributed by atoms with Gasteiger partial charge in [0.2, 0.25) is 0 Å². The molecule has 5 nitrogen and oxygen atoms in total. The summed E-state index contributed by atoms with van der Waals surface area (Å²) in [6.07, 6.45) is 4.36. The molecule has 5 aromatic rings. The number of aromatic nitrogens is 1. The molecular weight excluding hydrogens is 478 g/mol. The summed E-state index contributed by atoms with van der Waals surface area (Å²) in [6.45, 7) is 2.29. The Morgan fingerprint density at radius 2 is 1.36 bits per heavy atom. The Kier molecular flexibility index (Phi) is 6.35. The number of hydrogen-bond donors (Lipinski definition) is 1. The second-order valence-corrected chi connectivity index (χ2v) is 10.8. The molecule has 2 atom stereocenters. The van der Waals surface area contributed by atoms with E-state index < -0.39 is 0 Å². The number of hydrogen-bond acceptors (Lipinski definition) is 4. The Morgan fingerprint density at radius 3 is 2.05 bits per heavy atom. The Balaban J connectivity index is 1.43. The zero-order chi connectivity index (χ0) is 27.1. The number of nitrogens with zero attached hydrogens (tertiary/aromatic N) is 4. The molecule has 1 aliphatic rings. The van der Waals surface area contributed by atoms with E-state index in [0.29, 0.717) is 0 Å². The highest BCUT2D eigenvalue weighted by atomic mass is 15.5. The van der Waals surface area contributed by atoms with Crippen LogP contribution in [0.1, 0.15) is 24.1 Å². The van der Waals surface area contributed by atoms with Gasteiger partial charge in [0.1, 0.15) is 0 Å². The van der Waals surface area contributed by atoms with Crippen molar-refractivity contribution in [3.63, 3.8) is 0 Å². The lowest BCUT2D eigenvalue weighted by Gasteiger charge is -2.28. The Hall–Kier alpha value is -4.51. The minimum atomic E-state index is 0.0778. The predicted octanol–water partition coefficient (Wildman–Crippen LogP) is 7.72. The molecule has 0 spiro atoms. The van der Waals surface area contributed by atoms with Gasteiger partial charge in [-0.2, -0.15) is 5.10 Å². The molecule has 0 saturated carbocycles. The highest BCUT2D eigenvalue weighted by Crippen LogP contribution is 2.43. The summed E-state index contributed by atoms with van der Waals surface area (Å²) in [5.41, 5.74) is 9.23. The zero-order valence-electron chi connectivity index (χ0n) is 23.3. The number of para-hydroxylation sites is 2. The number of H-pyrrole nitrogens is 1. The Morgan fingerprint density at radius 1 is 0.718 bits per heavy atom. The van der Waals surface area contributed by atoms with E-state index >= 15 is 0 Å². The van der Waals surface area contributed by atoms with Gasteiger partial charge in [-0.1, -0.05) is 67.6 Å². The highest BCUT2D eigenvalue weighted by molar-refractivity contribution is 6.12. The van der Waals surface area contributed by atoms with E-state index in [1.165, 1.54) is 33.3 Å². The molecule has 1 aliphatic heterocycles. The van der Waals surface area contributed by atoms with Crippen molar-refractivity contribution in [1.29, 1.82) is 0 Å². The van der Waals surface area contributed by atoms with E-state index in [0.717, 1.165) is 22.4 Å². The number of allylic oxidation sites excluding steroid dienone is 1. The van der Waals surface area contributed by atoms with Gasteiger partial charge < -0.3 is 14.8 Å². The smallest absolute Gasteiger partial charge is 0.0858 e. The van der Waals surface area contributed by atoms with Gasteiger partial charge in [0.15, 0.2) is 0 Å². The van der Waals surface area contributed by atoms with Crippen molar-refractivity contribution in [2.45, 2.75) is 13.0 Å². The molecule has 0 saturated heterocycles. The van der Waals surface area contributed by atoms with Gasteiger partial charge in [-0.15, -0.1) is 0 Å². The molecule has 5 heteroatoms. The maximum absolute atomic E-state index is 5.26. The van der Waals surface area contributed by atoms with E-state index in [2.05, 4.69) is 158 Å². The molecule has 0 radical (unpaired) electrons. The van der Waals surface area contributed by atoms with E-state index in [-0.39, 0.29) is 12.0 Å². The van der Waals surface area contributed by atoms with Crippen LogP contribution in [-0.2, 0) is 0 Å². The van der Waals surface area contributed by atoms with Crippen LogP contribution >= 0.6 is 0 Å². The third-order valence-corrected chi connectivity index (χ3v) is 7.80. The van der Waals surface area contributed by atoms with Crippen molar-refractivity contribution < 1.29 is 0 Å². The minimum absolute atomic E-state index is 0.0778. The molecule has 6 rings (SSSR count). The number of hydrazone groups is 1. The maximum atomic E-state index is 5.26. The van der Waals surface area contributed by atoms with E-state index in [1.54, 1.807) is 0 Å². The van der Waals surface area contributed by atoms with Gasteiger partial charge in [-0.05, 0) is 53.6 Å². The molecule has 0 amide bonds. The van der Waals surface area contributed by atoms with E-state index in [9.17, 15) is 0 Å². The summed E-state index contributed by atoms with van der Waals surface area (Å²) in [7, 11) is 8.28. The first-order valence-electron chi connectivity index (χ1n) is 13.5. The monoisotopic (exact) mass is 513 g/mol. The van der Waals surface area contributed by atoms with Crippen LogP contribution < -0.4 is 14.8 Å². The molecule has 0 bridgehead atoms. The van der Waals surface area contributed by atoms with Crippen LogP contribution in [0, 0.1) is 5.92 Å². The molecule has 2 heterocycles. The van der Waals surface area contributed by atoms with Gasteiger partial charge in [0.05, 0.1) is 23.0 Å². The number of nitrogens with one attached hydrogen (secondary N) is 1. The first-order valence-corrected chi connectivity index (χ1v) is 13.5. The van der Waals surface area contributed by atoms with Gasteiger partial charge in [0, 0.05) is 61.8 Å². The first kappa shape index (κ1) is 24.8.